The van der Waals surface area contributed by atoms with Gasteiger partial charge in [0.25, 0.3) is 0 Å². The molecular formula is C22H17NO5. The fraction of sp³-hybridized carbons (Fsp3) is 0.136. The Balaban J connectivity index is 2.04. The summed E-state index contributed by atoms with van der Waals surface area (Å²) in [5.41, 5.74) is 1.42. The lowest BCUT2D eigenvalue weighted by atomic mass is 10.0. The molecule has 28 heavy (non-hydrogen) atoms. The average Bonchev–Trinajstić information content (AvgIpc) is 3.08. The van der Waals surface area contributed by atoms with E-state index >= 15 is 0 Å². The number of fused-ring (bicyclic) bond motifs is 1. The molecule has 0 amide bonds. The van der Waals surface area contributed by atoms with E-state index in [1.54, 1.807) is 55.5 Å². The third-order valence-electron chi connectivity index (χ3n) is 3.96. The Hall–Kier alpha value is -3.85. The summed E-state index contributed by atoms with van der Waals surface area (Å²) in [6.45, 7) is 3.27. The molecule has 1 aromatic heterocycles. The topological polar surface area (TPSA) is 89.5 Å². The first-order valence-electron chi connectivity index (χ1n) is 8.61. The van der Waals surface area contributed by atoms with Gasteiger partial charge in [0.05, 0.1) is 30.1 Å². The Morgan fingerprint density at radius 2 is 1.93 bits per heavy atom. The number of nitrogens with zero attached hydrogens (tertiary/aromatic N) is 1. The Bertz CT molecular complexity index is 1100. The lowest BCUT2D eigenvalue weighted by Gasteiger charge is -2.08. The molecule has 3 rings (SSSR count). The Labute approximate surface area is 161 Å². The predicted octanol–water partition coefficient (Wildman–Crippen LogP) is 4.33. The average molecular weight is 375 g/mol. The van der Waals surface area contributed by atoms with E-state index in [1.807, 2.05) is 0 Å². The number of carbonyl (C=O) groups excluding carboxylic acids is 2. The summed E-state index contributed by atoms with van der Waals surface area (Å²) >= 11 is 0. The second-order valence-corrected chi connectivity index (χ2v) is 5.91. The molecule has 0 N–H and O–H groups in total. The maximum absolute atomic E-state index is 12.5. The minimum Gasteiger partial charge on any atom is -0.464 e. The molecule has 0 unspecified atom stereocenters. The summed E-state index contributed by atoms with van der Waals surface area (Å²) in [6, 6.07) is 13.8. The van der Waals surface area contributed by atoms with E-state index in [0.29, 0.717) is 28.2 Å². The Kier molecular flexibility index (Phi) is 5.56. The van der Waals surface area contributed by atoms with Crippen LogP contribution in [0.4, 0.5) is 0 Å². The normalized spacial score (nSPS) is 11.1. The molecule has 1 heterocycles. The molecule has 0 spiro atoms. The zero-order valence-electron chi connectivity index (χ0n) is 15.4. The summed E-state index contributed by atoms with van der Waals surface area (Å²) in [5.74, 6) is -0.0628. The summed E-state index contributed by atoms with van der Waals surface area (Å²) in [6.07, 6.45) is 3.14. The van der Waals surface area contributed by atoms with Crippen LogP contribution in [0.15, 0.2) is 53.1 Å². The Morgan fingerprint density at radius 1 is 1.18 bits per heavy atom. The maximum atomic E-state index is 12.5. The first-order chi connectivity index (χ1) is 13.5. The van der Waals surface area contributed by atoms with Gasteiger partial charge in [-0.05, 0) is 48.9 Å². The highest BCUT2D eigenvalue weighted by atomic mass is 16.5. The van der Waals surface area contributed by atoms with Gasteiger partial charge in [0, 0.05) is 17.7 Å². The highest BCUT2D eigenvalue weighted by Gasteiger charge is 2.16. The number of furan rings is 1. The van der Waals surface area contributed by atoms with Crippen molar-refractivity contribution in [2.45, 2.75) is 13.8 Å². The molecule has 0 atom stereocenters. The minimum absolute atomic E-state index is 0.228. The number of hydrogen-bond acceptors (Lipinski definition) is 6. The van der Waals surface area contributed by atoms with Crippen molar-refractivity contribution in [3.8, 4) is 11.8 Å². The predicted molar refractivity (Wildman–Crippen MR) is 103 cm³/mol. The fourth-order valence-corrected chi connectivity index (χ4v) is 2.72. The van der Waals surface area contributed by atoms with Crippen LogP contribution >= 0.6 is 0 Å². The lowest BCUT2D eigenvalue weighted by Crippen LogP contribution is -2.07. The third-order valence-corrected chi connectivity index (χ3v) is 3.96. The van der Waals surface area contributed by atoms with E-state index in [0.717, 1.165) is 10.8 Å². The van der Waals surface area contributed by atoms with Crippen molar-refractivity contribution in [2.24, 2.45) is 0 Å². The van der Waals surface area contributed by atoms with Crippen molar-refractivity contribution in [3.05, 3.63) is 65.6 Å². The third kappa shape index (κ3) is 4.10. The smallest absolute Gasteiger partial charge is 0.338 e. The van der Waals surface area contributed by atoms with E-state index < -0.39 is 11.9 Å². The van der Waals surface area contributed by atoms with E-state index in [4.69, 9.17) is 19.2 Å². The molecule has 6 heteroatoms. The van der Waals surface area contributed by atoms with Crippen LogP contribution in [-0.2, 0) is 14.3 Å². The molecule has 140 valence electrons. The van der Waals surface area contributed by atoms with Crippen molar-refractivity contribution in [1.29, 1.82) is 5.26 Å². The number of benzene rings is 2. The lowest BCUT2D eigenvalue weighted by molar-refractivity contribution is -0.136. The molecule has 0 aliphatic heterocycles. The van der Waals surface area contributed by atoms with Gasteiger partial charge in [-0.15, -0.1) is 0 Å². The van der Waals surface area contributed by atoms with Gasteiger partial charge < -0.3 is 13.9 Å². The van der Waals surface area contributed by atoms with E-state index in [1.165, 1.54) is 13.2 Å². The molecular weight excluding hydrogens is 358 g/mol. The molecule has 0 aliphatic carbocycles. The molecule has 6 nitrogen and oxygen atoms in total. The maximum Gasteiger partial charge on any atom is 0.338 e. The molecule has 0 radical (unpaired) electrons. The van der Waals surface area contributed by atoms with Crippen LogP contribution in [0.2, 0.25) is 0 Å². The second-order valence-electron chi connectivity index (χ2n) is 5.91. The largest absolute Gasteiger partial charge is 0.464 e. The monoisotopic (exact) mass is 375 g/mol. The van der Waals surface area contributed by atoms with Crippen molar-refractivity contribution in [1.82, 2.24) is 0 Å². The van der Waals surface area contributed by atoms with E-state index in [2.05, 4.69) is 6.07 Å². The quantitative estimate of drug-likeness (QED) is 0.374. The zero-order chi connectivity index (χ0) is 20.1. The molecule has 0 bridgehead atoms. The Morgan fingerprint density at radius 3 is 2.57 bits per heavy atom. The van der Waals surface area contributed by atoms with Gasteiger partial charge in [-0.1, -0.05) is 12.1 Å². The number of nitriles is 1. The van der Waals surface area contributed by atoms with Crippen LogP contribution in [0, 0.1) is 11.3 Å². The number of ether oxygens (including phenoxy) is 2. The van der Waals surface area contributed by atoms with Crippen LogP contribution in [-0.4, -0.2) is 18.5 Å². The number of hydrogen-bond donors (Lipinski definition) is 0. The first kappa shape index (κ1) is 18.9. The fourth-order valence-electron chi connectivity index (χ4n) is 2.72. The van der Waals surface area contributed by atoms with Crippen LogP contribution in [0.1, 0.15) is 30.7 Å². The van der Waals surface area contributed by atoms with Gasteiger partial charge in [0.1, 0.15) is 11.5 Å². The van der Waals surface area contributed by atoms with Crippen molar-refractivity contribution in [2.75, 3.05) is 6.61 Å². The van der Waals surface area contributed by atoms with E-state index in [9.17, 15) is 9.59 Å². The number of carbonyl (C=O) groups is 2. The van der Waals surface area contributed by atoms with Crippen LogP contribution in [0.25, 0.3) is 22.4 Å². The standard InChI is InChI=1S/C22H17NO5/c1-3-26-22(25)20(16-5-7-18(8-6-16)28-14(2)24)11-21-19-9-4-15(12-23)10-17(19)13-27-21/h4-11,13H,3H2,1-2H3. The van der Waals surface area contributed by atoms with Crippen molar-refractivity contribution in [3.63, 3.8) is 0 Å². The van der Waals surface area contributed by atoms with Gasteiger partial charge in [0.2, 0.25) is 0 Å². The SMILES string of the molecule is CCOC(=O)C(=Cc1occ2cc(C#N)ccc12)c1ccc(OC(C)=O)cc1. The minimum atomic E-state index is -0.499. The van der Waals surface area contributed by atoms with Gasteiger partial charge in [-0.25, -0.2) is 4.79 Å². The summed E-state index contributed by atoms with van der Waals surface area (Å²) in [4.78, 5) is 23.6. The molecule has 0 saturated heterocycles. The zero-order valence-corrected chi connectivity index (χ0v) is 15.4. The van der Waals surface area contributed by atoms with E-state index in [-0.39, 0.29) is 6.61 Å². The highest BCUT2D eigenvalue weighted by molar-refractivity contribution is 6.22. The molecule has 0 fully saturated rings. The van der Waals surface area contributed by atoms with Gasteiger partial charge >= 0.3 is 11.9 Å². The van der Waals surface area contributed by atoms with Crippen molar-refractivity contribution < 1.29 is 23.5 Å². The summed E-state index contributed by atoms with van der Waals surface area (Å²) < 4.78 is 15.8. The van der Waals surface area contributed by atoms with Gasteiger partial charge in [-0.2, -0.15) is 5.26 Å². The summed E-state index contributed by atoms with van der Waals surface area (Å²) in [5, 5.41) is 10.6. The molecule has 3 aromatic rings. The summed E-state index contributed by atoms with van der Waals surface area (Å²) in [7, 11) is 0. The first-order valence-corrected chi connectivity index (χ1v) is 8.61. The highest BCUT2D eigenvalue weighted by Crippen LogP contribution is 2.28. The second kappa shape index (κ2) is 8.23. The molecule has 0 saturated carbocycles. The van der Waals surface area contributed by atoms with Gasteiger partial charge in [0.15, 0.2) is 0 Å². The van der Waals surface area contributed by atoms with Crippen LogP contribution in [0.3, 0.4) is 0 Å². The van der Waals surface area contributed by atoms with Crippen LogP contribution in [0.5, 0.6) is 5.75 Å². The number of rotatable bonds is 5. The molecule has 0 aliphatic rings. The van der Waals surface area contributed by atoms with Crippen LogP contribution < -0.4 is 4.74 Å². The van der Waals surface area contributed by atoms with Crippen molar-refractivity contribution >= 4 is 34.4 Å². The van der Waals surface area contributed by atoms with Gasteiger partial charge in [-0.3, -0.25) is 4.79 Å². The molecule has 2 aromatic carbocycles. The number of esters is 2.